The lowest BCUT2D eigenvalue weighted by molar-refractivity contribution is 0.121. The molecule has 2 fully saturated rings. The van der Waals surface area contributed by atoms with Gasteiger partial charge in [0.25, 0.3) is 0 Å². The van der Waals surface area contributed by atoms with Gasteiger partial charge in [-0.2, -0.15) is 0 Å². The molecule has 0 saturated carbocycles. The monoisotopic (exact) mass is 421 g/mol. The van der Waals surface area contributed by atoms with Gasteiger partial charge in [0.05, 0.1) is 23.6 Å². The minimum atomic E-state index is -0.0956. The van der Waals surface area contributed by atoms with Gasteiger partial charge in [-0.05, 0) is 20.0 Å². The summed E-state index contributed by atoms with van der Waals surface area (Å²) in [6, 6.07) is 3.20. The third-order valence-electron chi connectivity index (χ3n) is 5.71. The van der Waals surface area contributed by atoms with Crippen molar-refractivity contribution in [1.29, 1.82) is 0 Å². The summed E-state index contributed by atoms with van der Waals surface area (Å²) in [6.07, 6.45) is 0. The Labute approximate surface area is 175 Å². The lowest BCUT2D eigenvalue weighted by Crippen LogP contribution is -2.45. The van der Waals surface area contributed by atoms with Crippen LogP contribution in [0.3, 0.4) is 0 Å². The number of benzene rings is 1. The lowest BCUT2D eigenvalue weighted by Gasteiger charge is -2.32. The van der Waals surface area contributed by atoms with Crippen molar-refractivity contribution in [3.05, 3.63) is 32.9 Å². The minimum absolute atomic E-state index is 0.0956. The minimum Gasteiger partial charge on any atom is -0.490 e. The second-order valence-corrected chi connectivity index (χ2v) is 8.14. The Morgan fingerprint density at radius 1 is 1.10 bits per heavy atom. The van der Waals surface area contributed by atoms with Crippen LogP contribution in [0.2, 0.25) is 5.02 Å². The van der Waals surface area contributed by atoms with Crippen LogP contribution < -0.4 is 15.1 Å². The molecule has 0 radical (unpaired) electrons. The van der Waals surface area contributed by atoms with Crippen LogP contribution >= 0.6 is 11.6 Å². The average molecular weight is 422 g/mol. The number of rotatable bonds is 5. The fraction of sp³-hybridized carbons (Fsp3) is 0.571. The number of ether oxygens (including phenoxy) is 2. The quantitative estimate of drug-likeness (QED) is 0.733. The first-order valence-corrected chi connectivity index (χ1v) is 10.5. The normalized spacial score (nSPS) is 19.1. The molecule has 0 spiro atoms. The number of hydrogen-bond acceptors (Lipinski definition) is 7. The summed E-state index contributed by atoms with van der Waals surface area (Å²) in [4.78, 5) is 19.4. The van der Waals surface area contributed by atoms with E-state index in [1.807, 2.05) is 11.8 Å². The highest BCUT2D eigenvalue weighted by Gasteiger charge is 2.20. The molecular formula is C21H28ClN3O4. The highest BCUT2D eigenvalue weighted by molar-refractivity contribution is 6.33. The maximum absolute atomic E-state index is 12.7. The molecule has 4 rings (SSSR count). The molecule has 0 unspecified atom stereocenters. The highest BCUT2D eigenvalue weighted by atomic mass is 35.5. The predicted octanol–water partition coefficient (Wildman–Crippen LogP) is 2.22. The Morgan fingerprint density at radius 3 is 2.55 bits per heavy atom. The maximum atomic E-state index is 12.7. The first kappa shape index (κ1) is 20.5. The second-order valence-electron chi connectivity index (χ2n) is 7.73. The Bertz CT molecular complexity index is 918. The first-order chi connectivity index (χ1) is 14.0. The third kappa shape index (κ3) is 4.53. The van der Waals surface area contributed by atoms with Gasteiger partial charge < -0.3 is 23.7 Å². The van der Waals surface area contributed by atoms with Crippen molar-refractivity contribution in [1.82, 2.24) is 9.80 Å². The maximum Gasteiger partial charge on any atom is 0.200 e. The van der Waals surface area contributed by atoms with Crippen molar-refractivity contribution >= 4 is 28.5 Å². The van der Waals surface area contributed by atoms with Crippen LogP contribution in [0.25, 0.3) is 11.0 Å². The van der Waals surface area contributed by atoms with Crippen molar-refractivity contribution < 1.29 is 13.9 Å². The smallest absolute Gasteiger partial charge is 0.200 e. The van der Waals surface area contributed by atoms with E-state index in [0.29, 0.717) is 60.5 Å². The van der Waals surface area contributed by atoms with E-state index in [0.717, 1.165) is 38.3 Å². The molecule has 2 aromatic rings. The van der Waals surface area contributed by atoms with Gasteiger partial charge in [0.1, 0.15) is 17.9 Å². The number of hydrogen-bond donors (Lipinski definition) is 0. The molecule has 3 heterocycles. The van der Waals surface area contributed by atoms with Crippen LogP contribution in [0.5, 0.6) is 5.75 Å². The van der Waals surface area contributed by atoms with E-state index in [9.17, 15) is 4.79 Å². The number of halogens is 1. The largest absolute Gasteiger partial charge is 0.490 e. The van der Waals surface area contributed by atoms with E-state index in [2.05, 4.69) is 16.8 Å². The highest BCUT2D eigenvalue weighted by Crippen LogP contribution is 2.35. The molecule has 8 heteroatoms. The Kier molecular flexibility index (Phi) is 6.29. The molecule has 0 N–H and O–H groups in total. The summed E-state index contributed by atoms with van der Waals surface area (Å²) in [7, 11) is 2.14. The third-order valence-corrected chi connectivity index (χ3v) is 5.99. The first-order valence-electron chi connectivity index (χ1n) is 10.2. The lowest BCUT2D eigenvalue weighted by atomic mass is 10.1. The Hall–Kier alpha value is -1.80. The van der Waals surface area contributed by atoms with Gasteiger partial charge >= 0.3 is 0 Å². The molecule has 2 saturated heterocycles. The van der Waals surface area contributed by atoms with Gasteiger partial charge in [-0.3, -0.25) is 9.69 Å². The fourth-order valence-electron chi connectivity index (χ4n) is 3.85. The standard InChI is InChI=1S/C21H28ClN3O4/c1-15-20-16(18(26)14-19(29-20)25-8-10-27-11-9-25)13-17(22)21(15)28-12-7-24-5-3-23(2)4-6-24/h13-14H,3-12H2,1-2H3. The molecule has 0 aliphatic carbocycles. The van der Waals surface area contributed by atoms with E-state index in [-0.39, 0.29) is 5.43 Å². The van der Waals surface area contributed by atoms with Crippen molar-refractivity contribution in [3.63, 3.8) is 0 Å². The van der Waals surface area contributed by atoms with E-state index < -0.39 is 0 Å². The van der Waals surface area contributed by atoms with Crippen LogP contribution in [-0.4, -0.2) is 82.5 Å². The summed E-state index contributed by atoms with van der Waals surface area (Å²) in [5, 5.41) is 0.927. The topological polar surface area (TPSA) is 58.4 Å². The SMILES string of the molecule is Cc1c(OCCN2CCN(C)CC2)c(Cl)cc2c(=O)cc(N3CCOCC3)oc12. The van der Waals surface area contributed by atoms with Crippen molar-refractivity contribution in [3.8, 4) is 5.75 Å². The molecule has 1 aromatic heterocycles. The summed E-state index contributed by atoms with van der Waals surface area (Å²) < 4.78 is 17.6. The number of piperazine rings is 1. The molecule has 0 bridgehead atoms. The van der Waals surface area contributed by atoms with Gasteiger partial charge in [0.2, 0.25) is 0 Å². The van der Waals surface area contributed by atoms with Gasteiger partial charge in [0, 0.05) is 57.4 Å². The summed E-state index contributed by atoms with van der Waals surface area (Å²) >= 11 is 6.46. The number of fused-ring (bicyclic) bond motifs is 1. The number of aryl methyl sites for hydroxylation is 1. The Balaban J connectivity index is 1.55. The van der Waals surface area contributed by atoms with Gasteiger partial charge in [-0.1, -0.05) is 11.6 Å². The van der Waals surface area contributed by atoms with Crippen LogP contribution in [0.1, 0.15) is 5.56 Å². The molecule has 0 amide bonds. The number of nitrogens with zero attached hydrogens (tertiary/aromatic N) is 3. The van der Waals surface area contributed by atoms with E-state index in [4.69, 9.17) is 25.5 Å². The molecule has 2 aliphatic rings. The van der Waals surface area contributed by atoms with Crippen LogP contribution in [0, 0.1) is 6.92 Å². The van der Waals surface area contributed by atoms with Crippen LogP contribution in [0.15, 0.2) is 21.3 Å². The molecule has 7 nitrogen and oxygen atoms in total. The molecule has 2 aliphatic heterocycles. The molecular weight excluding hydrogens is 394 g/mol. The zero-order chi connectivity index (χ0) is 20.4. The number of morpholine rings is 1. The zero-order valence-electron chi connectivity index (χ0n) is 17.1. The average Bonchev–Trinajstić information content (AvgIpc) is 2.73. The van der Waals surface area contributed by atoms with E-state index in [1.54, 1.807) is 6.07 Å². The van der Waals surface area contributed by atoms with Crippen molar-refractivity contribution in [2.75, 3.05) is 77.6 Å². The molecule has 0 atom stereocenters. The summed E-state index contributed by atoms with van der Waals surface area (Å²) in [6.45, 7) is 10.2. The fourth-order valence-corrected chi connectivity index (χ4v) is 4.15. The van der Waals surface area contributed by atoms with Crippen LogP contribution in [-0.2, 0) is 4.74 Å². The van der Waals surface area contributed by atoms with Gasteiger partial charge in [0.15, 0.2) is 11.3 Å². The van der Waals surface area contributed by atoms with Crippen molar-refractivity contribution in [2.45, 2.75) is 6.92 Å². The second kappa shape index (κ2) is 8.92. The van der Waals surface area contributed by atoms with Gasteiger partial charge in [-0.15, -0.1) is 0 Å². The van der Waals surface area contributed by atoms with Crippen molar-refractivity contribution in [2.24, 2.45) is 0 Å². The van der Waals surface area contributed by atoms with E-state index >= 15 is 0 Å². The molecule has 29 heavy (non-hydrogen) atoms. The zero-order valence-corrected chi connectivity index (χ0v) is 17.8. The number of anilines is 1. The van der Waals surface area contributed by atoms with Gasteiger partial charge in [-0.25, -0.2) is 0 Å². The summed E-state index contributed by atoms with van der Waals surface area (Å²) in [5.41, 5.74) is 1.21. The van der Waals surface area contributed by atoms with E-state index in [1.165, 1.54) is 6.07 Å². The predicted molar refractivity (Wildman–Crippen MR) is 115 cm³/mol. The molecule has 158 valence electrons. The Morgan fingerprint density at radius 2 is 1.83 bits per heavy atom. The molecule has 1 aromatic carbocycles. The number of likely N-dealkylation sites (N-methyl/N-ethyl adjacent to an activating group) is 1. The summed E-state index contributed by atoms with van der Waals surface area (Å²) in [5.74, 6) is 1.16. The van der Waals surface area contributed by atoms with Crippen LogP contribution in [0.4, 0.5) is 5.88 Å².